The van der Waals surface area contributed by atoms with E-state index in [1.807, 2.05) is 0 Å². The van der Waals surface area contributed by atoms with Gasteiger partial charge in [0.2, 0.25) is 5.82 Å². The number of hydrogen-bond acceptors (Lipinski definition) is 4. The van der Waals surface area contributed by atoms with Crippen LogP contribution < -0.4 is 5.73 Å². The van der Waals surface area contributed by atoms with Gasteiger partial charge in [0.15, 0.2) is 0 Å². The second-order valence-electron chi connectivity index (χ2n) is 4.58. The number of anilines is 1. The molecule has 2 N–H and O–H groups in total. The van der Waals surface area contributed by atoms with Crippen LogP contribution in [-0.2, 0) is 0 Å². The minimum atomic E-state index is -0.561. The van der Waals surface area contributed by atoms with Crippen LogP contribution in [-0.4, -0.2) is 10.1 Å². The highest BCUT2D eigenvalue weighted by molar-refractivity contribution is 5.72. The van der Waals surface area contributed by atoms with Crippen LogP contribution in [0.5, 0.6) is 0 Å². The quantitative estimate of drug-likeness (QED) is 0.732. The van der Waals surface area contributed by atoms with E-state index in [9.17, 15) is 8.78 Å². The fourth-order valence-corrected chi connectivity index (χ4v) is 2.00. The van der Waals surface area contributed by atoms with Gasteiger partial charge in [0.25, 0.3) is 5.89 Å². The molecule has 0 saturated heterocycles. The highest BCUT2D eigenvalue weighted by Crippen LogP contribution is 2.29. The average molecular weight is 287 g/mol. The van der Waals surface area contributed by atoms with E-state index in [1.165, 1.54) is 24.3 Å². The van der Waals surface area contributed by atoms with Gasteiger partial charge >= 0.3 is 0 Å². The van der Waals surface area contributed by atoms with Gasteiger partial charge in [-0.15, -0.1) is 0 Å². The van der Waals surface area contributed by atoms with Crippen LogP contribution in [0.3, 0.4) is 0 Å². The van der Waals surface area contributed by atoms with E-state index in [2.05, 4.69) is 10.1 Å². The number of aryl methyl sites for hydroxylation is 1. The van der Waals surface area contributed by atoms with Crippen molar-refractivity contribution in [2.24, 2.45) is 0 Å². The maximum absolute atomic E-state index is 13.4. The molecule has 106 valence electrons. The first-order valence-electron chi connectivity index (χ1n) is 6.21. The molecule has 3 rings (SSSR count). The van der Waals surface area contributed by atoms with Crippen LogP contribution in [0.15, 0.2) is 40.9 Å². The molecule has 0 saturated carbocycles. The zero-order chi connectivity index (χ0) is 15.0. The van der Waals surface area contributed by atoms with E-state index in [4.69, 9.17) is 10.3 Å². The summed E-state index contributed by atoms with van der Waals surface area (Å²) < 4.78 is 31.9. The Morgan fingerprint density at radius 1 is 1.10 bits per heavy atom. The number of hydrogen-bond donors (Lipinski definition) is 1. The summed E-state index contributed by atoms with van der Waals surface area (Å²) in [6, 6.07) is 8.61. The molecule has 0 bridgehead atoms. The lowest BCUT2D eigenvalue weighted by Gasteiger charge is -2.01. The number of benzene rings is 2. The number of para-hydroxylation sites is 1. The molecule has 0 aliphatic heterocycles. The van der Waals surface area contributed by atoms with Crippen molar-refractivity contribution in [2.45, 2.75) is 6.92 Å². The molecule has 0 amide bonds. The first-order chi connectivity index (χ1) is 10.1. The van der Waals surface area contributed by atoms with E-state index in [0.29, 0.717) is 11.1 Å². The molecular formula is C15H11F2N3O. The fraction of sp³-hybridized carbons (Fsp3) is 0.0667. The van der Waals surface area contributed by atoms with Crippen molar-refractivity contribution < 1.29 is 13.3 Å². The highest BCUT2D eigenvalue weighted by Gasteiger charge is 2.16. The molecule has 2 aromatic carbocycles. The minimum Gasteiger partial charge on any atom is -0.396 e. The summed E-state index contributed by atoms with van der Waals surface area (Å²) in [5.41, 5.74) is 7.21. The summed E-state index contributed by atoms with van der Waals surface area (Å²) in [5.74, 6) is -0.641. The smallest absolute Gasteiger partial charge is 0.260 e. The monoisotopic (exact) mass is 287 g/mol. The lowest BCUT2D eigenvalue weighted by Crippen LogP contribution is -1.94. The molecule has 4 nitrogen and oxygen atoms in total. The summed E-state index contributed by atoms with van der Waals surface area (Å²) in [6.45, 7) is 1.81. The minimum absolute atomic E-state index is 0.0661. The molecule has 0 aliphatic rings. The van der Waals surface area contributed by atoms with E-state index in [-0.39, 0.29) is 17.4 Å². The maximum atomic E-state index is 13.4. The maximum Gasteiger partial charge on any atom is 0.260 e. The third-order valence-corrected chi connectivity index (χ3v) is 3.15. The van der Waals surface area contributed by atoms with Crippen LogP contribution in [0.4, 0.5) is 14.5 Å². The molecule has 3 aromatic rings. The Labute approximate surface area is 119 Å². The Balaban J connectivity index is 2.08. The standard InChI is InChI=1S/C15H11F2N3O/c1-8-5-6-9(16)7-11(8)14-19-15(21-20-14)10-3-2-4-12(17)13(10)18/h2-7H,18H2,1H3. The van der Waals surface area contributed by atoms with Gasteiger partial charge in [-0.1, -0.05) is 17.3 Å². The van der Waals surface area contributed by atoms with Crippen LogP contribution in [0.25, 0.3) is 22.8 Å². The van der Waals surface area contributed by atoms with Gasteiger partial charge in [-0.05, 0) is 36.8 Å². The number of halogens is 2. The second kappa shape index (κ2) is 4.97. The largest absolute Gasteiger partial charge is 0.396 e. The van der Waals surface area contributed by atoms with Gasteiger partial charge in [0, 0.05) is 5.56 Å². The normalized spacial score (nSPS) is 10.8. The van der Waals surface area contributed by atoms with E-state index in [0.717, 1.165) is 5.56 Å². The van der Waals surface area contributed by atoms with Crippen molar-refractivity contribution in [3.05, 3.63) is 53.6 Å². The molecule has 6 heteroatoms. The molecular weight excluding hydrogens is 276 g/mol. The van der Waals surface area contributed by atoms with Gasteiger partial charge in [-0.3, -0.25) is 0 Å². The molecule has 0 radical (unpaired) electrons. The summed E-state index contributed by atoms with van der Waals surface area (Å²) >= 11 is 0. The predicted molar refractivity (Wildman–Crippen MR) is 74.2 cm³/mol. The van der Waals surface area contributed by atoms with Gasteiger partial charge in [0.1, 0.15) is 11.6 Å². The average Bonchev–Trinajstić information content (AvgIpc) is 2.94. The molecule has 0 fully saturated rings. The summed E-state index contributed by atoms with van der Waals surface area (Å²) in [7, 11) is 0. The number of nitrogen functional groups attached to an aromatic ring is 1. The van der Waals surface area contributed by atoms with Crippen molar-refractivity contribution in [2.75, 3.05) is 5.73 Å². The Hall–Kier alpha value is -2.76. The summed E-state index contributed by atoms with van der Waals surface area (Å²) in [5, 5.41) is 3.80. The van der Waals surface area contributed by atoms with Crippen molar-refractivity contribution in [1.29, 1.82) is 0 Å². The van der Waals surface area contributed by atoms with E-state index in [1.54, 1.807) is 19.1 Å². The van der Waals surface area contributed by atoms with Crippen LogP contribution in [0.2, 0.25) is 0 Å². The van der Waals surface area contributed by atoms with E-state index >= 15 is 0 Å². The van der Waals surface area contributed by atoms with Gasteiger partial charge in [-0.25, -0.2) is 8.78 Å². The van der Waals surface area contributed by atoms with Crippen LogP contribution in [0.1, 0.15) is 5.56 Å². The Morgan fingerprint density at radius 2 is 1.90 bits per heavy atom. The molecule has 1 heterocycles. The topological polar surface area (TPSA) is 64.9 Å². The predicted octanol–water partition coefficient (Wildman–Crippen LogP) is 3.57. The first kappa shape index (κ1) is 13.2. The van der Waals surface area contributed by atoms with Crippen LogP contribution in [0, 0.1) is 18.6 Å². The molecule has 1 aromatic heterocycles. The molecule has 0 unspecified atom stereocenters. The number of aromatic nitrogens is 2. The fourth-order valence-electron chi connectivity index (χ4n) is 2.00. The second-order valence-corrected chi connectivity index (χ2v) is 4.58. The Bertz CT molecular complexity index is 798. The third-order valence-electron chi connectivity index (χ3n) is 3.15. The molecule has 0 atom stereocenters. The van der Waals surface area contributed by atoms with Gasteiger partial charge in [-0.2, -0.15) is 4.98 Å². The van der Waals surface area contributed by atoms with Gasteiger partial charge in [0.05, 0.1) is 11.3 Å². The molecule has 0 spiro atoms. The number of nitrogens with two attached hydrogens (primary N) is 1. The number of rotatable bonds is 2. The zero-order valence-electron chi connectivity index (χ0n) is 11.1. The Morgan fingerprint density at radius 3 is 2.71 bits per heavy atom. The first-order valence-corrected chi connectivity index (χ1v) is 6.21. The SMILES string of the molecule is Cc1ccc(F)cc1-c1noc(-c2cccc(F)c2N)n1. The highest BCUT2D eigenvalue weighted by atomic mass is 19.1. The van der Waals surface area contributed by atoms with E-state index < -0.39 is 11.6 Å². The van der Waals surface area contributed by atoms with Crippen molar-refractivity contribution in [3.63, 3.8) is 0 Å². The van der Waals surface area contributed by atoms with Crippen molar-refractivity contribution in [1.82, 2.24) is 10.1 Å². The van der Waals surface area contributed by atoms with Gasteiger partial charge < -0.3 is 10.3 Å². The zero-order valence-corrected chi connectivity index (χ0v) is 11.1. The molecule has 21 heavy (non-hydrogen) atoms. The Kier molecular flexibility index (Phi) is 3.13. The lowest BCUT2D eigenvalue weighted by molar-refractivity contribution is 0.432. The van der Waals surface area contributed by atoms with Crippen molar-refractivity contribution >= 4 is 5.69 Å². The van der Waals surface area contributed by atoms with Crippen molar-refractivity contribution in [3.8, 4) is 22.8 Å². The van der Waals surface area contributed by atoms with Crippen LogP contribution >= 0.6 is 0 Å². The summed E-state index contributed by atoms with van der Waals surface area (Å²) in [4.78, 5) is 4.16. The lowest BCUT2D eigenvalue weighted by atomic mass is 10.1. The molecule has 0 aliphatic carbocycles. The third kappa shape index (κ3) is 2.35. The number of nitrogens with zero attached hydrogens (tertiary/aromatic N) is 2. The summed E-state index contributed by atoms with van der Waals surface area (Å²) in [6.07, 6.45) is 0.